The molecular formula is C34H47NO8. The van der Waals surface area contributed by atoms with Gasteiger partial charge in [-0.2, -0.15) is 0 Å². The molecule has 9 nitrogen and oxygen atoms in total. The zero-order chi connectivity index (χ0) is 30.7. The maximum atomic E-state index is 12.6. The summed E-state index contributed by atoms with van der Waals surface area (Å²) in [7, 11) is 0. The van der Waals surface area contributed by atoms with Crippen LogP contribution in [-0.2, 0) is 9.47 Å². The minimum atomic E-state index is -0.830. The molecule has 1 aliphatic heterocycles. The van der Waals surface area contributed by atoms with E-state index in [1.807, 2.05) is 6.92 Å². The van der Waals surface area contributed by atoms with Gasteiger partial charge in [0.05, 0.1) is 18.8 Å². The lowest BCUT2D eigenvalue weighted by molar-refractivity contribution is 0.0218. The van der Waals surface area contributed by atoms with Crippen LogP contribution in [0.25, 0.3) is 0 Å². The van der Waals surface area contributed by atoms with E-state index in [1.165, 1.54) is 69.2 Å². The molecule has 3 rings (SSSR count). The summed E-state index contributed by atoms with van der Waals surface area (Å²) in [6, 6.07) is 13.0. The van der Waals surface area contributed by atoms with Crippen LogP contribution < -0.4 is 14.2 Å². The average molecular weight is 598 g/mol. The highest BCUT2D eigenvalue weighted by Crippen LogP contribution is 2.21. The zero-order valence-corrected chi connectivity index (χ0v) is 25.7. The maximum absolute atomic E-state index is 12.6. The molecule has 1 saturated heterocycles. The Kier molecular flexibility index (Phi) is 15.3. The molecule has 0 saturated carbocycles. The maximum Gasteiger partial charge on any atom is 0.514 e. The van der Waals surface area contributed by atoms with Crippen molar-refractivity contribution in [1.82, 2.24) is 4.90 Å². The standard InChI is InChI=1S/C34H47NO8/c1-3-5-7-8-9-10-11-12-26-39-28-17-19-29(20-18-28)41-32(36)27-13-15-30(16-14-27)42-34(38)43-31-21-23-35(24-22-31)33(37)40-25-6-4-2/h13-20,31H,3-12,21-26H2,1-2H3. The third kappa shape index (κ3) is 13.0. The van der Waals surface area contributed by atoms with Crippen LogP contribution >= 0.6 is 0 Å². The van der Waals surface area contributed by atoms with Gasteiger partial charge in [0.2, 0.25) is 0 Å². The number of carbonyl (C=O) groups excluding carboxylic acids is 3. The van der Waals surface area contributed by atoms with Gasteiger partial charge in [0, 0.05) is 25.9 Å². The monoisotopic (exact) mass is 597 g/mol. The number of unbranched alkanes of at least 4 members (excludes halogenated alkanes) is 8. The van der Waals surface area contributed by atoms with Gasteiger partial charge in [-0.15, -0.1) is 0 Å². The summed E-state index contributed by atoms with van der Waals surface area (Å²) >= 11 is 0. The number of amides is 1. The van der Waals surface area contributed by atoms with Gasteiger partial charge in [-0.1, -0.05) is 65.2 Å². The summed E-state index contributed by atoms with van der Waals surface area (Å²) in [5.41, 5.74) is 0.314. The first-order valence-electron chi connectivity index (χ1n) is 15.8. The van der Waals surface area contributed by atoms with Crippen molar-refractivity contribution in [2.45, 2.75) is 97.0 Å². The molecule has 1 amide bonds. The Morgan fingerprint density at radius 2 is 1.23 bits per heavy atom. The second-order valence-corrected chi connectivity index (χ2v) is 10.8. The number of carbonyl (C=O) groups is 3. The Morgan fingerprint density at radius 3 is 1.88 bits per heavy atom. The van der Waals surface area contributed by atoms with Gasteiger partial charge in [0.15, 0.2) is 0 Å². The fraction of sp³-hybridized carbons (Fsp3) is 0.559. The number of ether oxygens (including phenoxy) is 5. The molecule has 1 aliphatic rings. The fourth-order valence-corrected chi connectivity index (χ4v) is 4.66. The van der Waals surface area contributed by atoms with E-state index in [4.69, 9.17) is 23.7 Å². The van der Waals surface area contributed by atoms with Crippen molar-refractivity contribution in [3.63, 3.8) is 0 Å². The molecular weight excluding hydrogens is 550 g/mol. The summed E-state index contributed by atoms with van der Waals surface area (Å²) < 4.78 is 27.2. The van der Waals surface area contributed by atoms with E-state index < -0.39 is 12.1 Å². The van der Waals surface area contributed by atoms with Crippen molar-refractivity contribution >= 4 is 18.2 Å². The minimum absolute atomic E-state index is 0.247. The highest BCUT2D eigenvalue weighted by molar-refractivity contribution is 5.91. The smallest absolute Gasteiger partial charge is 0.494 e. The summed E-state index contributed by atoms with van der Waals surface area (Å²) in [5.74, 6) is 0.874. The molecule has 1 heterocycles. The molecule has 2 aromatic carbocycles. The lowest BCUT2D eigenvalue weighted by atomic mass is 10.1. The molecule has 0 spiro atoms. The van der Waals surface area contributed by atoms with E-state index >= 15 is 0 Å². The normalized spacial score (nSPS) is 13.3. The predicted octanol–water partition coefficient (Wildman–Crippen LogP) is 8.34. The number of hydrogen-bond donors (Lipinski definition) is 0. The first-order valence-corrected chi connectivity index (χ1v) is 15.8. The van der Waals surface area contributed by atoms with Crippen molar-refractivity contribution in [3.05, 3.63) is 54.1 Å². The number of hydrogen-bond acceptors (Lipinski definition) is 8. The fourth-order valence-electron chi connectivity index (χ4n) is 4.66. The van der Waals surface area contributed by atoms with Crippen LogP contribution in [0.2, 0.25) is 0 Å². The van der Waals surface area contributed by atoms with Gasteiger partial charge >= 0.3 is 18.2 Å². The minimum Gasteiger partial charge on any atom is -0.494 e. The van der Waals surface area contributed by atoms with Gasteiger partial charge in [-0.05, 0) is 61.4 Å². The Bertz CT molecular complexity index is 1090. The van der Waals surface area contributed by atoms with E-state index in [2.05, 4.69) is 6.92 Å². The lowest BCUT2D eigenvalue weighted by Gasteiger charge is -2.30. The lowest BCUT2D eigenvalue weighted by Crippen LogP contribution is -2.42. The second-order valence-electron chi connectivity index (χ2n) is 10.8. The van der Waals surface area contributed by atoms with Crippen LogP contribution in [0.4, 0.5) is 9.59 Å². The Hall–Kier alpha value is -3.75. The summed E-state index contributed by atoms with van der Waals surface area (Å²) in [6.45, 7) is 6.26. The predicted molar refractivity (Wildman–Crippen MR) is 164 cm³/mol. The zero-order valence-electron chi connectivity index (χ0n) is 25.7. The van der Waals surface area contributed by atoms with E-state index in [1.54, 1.807) is 29.2 Å². The Balaban J connectivity index is 1.32. The SMILES string of the molecule is CCCCCCCCCCOc1ccc(OC(=O)c2ccc(OC(=O)OC3CCN(C(=O)OCCCC)CC3)cc2)cc1. The number of esters is 1. The van der Waals surface area contributed by atoms with Gasteiger partial charge in [0.1, 0.15) is 23.4 Å². The first kappa shape index (κ1) is 33.7. The van der Waals surface area contributed by atoms with Crippen LogP contribution in [-0.4, -0.2) is 55.5 Å². The highest BCUT2D eigenvalue weighted by Gasteiger charge is 2.26. The topological polar surface area (TPSA) is 101 Å². The van der Waals surface area contributed by atoms with Crippen molar-refractivity contribution in [2.24, 2.45) is 0 Å². The summed E-state index contributed by atoms with van der Waals surface area (Å²) in [4.78, 5) is 38.5. The number of piperidine rings is 1. The van der Waals surface area contributed by atoms with Gasteiger partial charge in [-0.3, -0.25) is 0 Å². The number of benzene rings is 2. The molecule has 43 heavy (non-hydrogen) atoms. The molecule has 0 bridgehead atoms. The molecule has 0 radical (unpaired) electrons. The van der Waals surface area contributed by atoms with Crippen molar-refractivity contribution in [1.29, 1.82) is 0 Å². The van der Waals surface area contributed by atoms with Crippen molar-refractivity contribution < 1.29 is 38.1 Å². The van der Waals surface area contributed by atoms with E-state index in [0.717, 1.165) is 25.0 Å². The van der Waals surface area contributed by atoms with Crippen LogP contribution in [0.5, 0.6) is 17.2 Å². The van der Waals surface area contributed by atoms with Gasteiger partial charge in [0.25, 0.3) is 0 Å². The number of nitrogens with zero attached hydrogens (tertiary/aromatic N) is 1. The Labute approximate surface area is 255 Å². The molecule has 0 aromatic heterocycles. The van der Waals surface area contributed by atoms with Crippen molar-refractivity contribution in [3.8, 4) is 17.2 Å². The van der Waals surface area contributed by atoms with E-state index in [0.29, 0.717) is 50.5 Å². The highest BCUT2D eigenvalue weighted by atomic mass is 16.7. The molecule has 0 N–H and O–H groups in total. The second kappa shape index (κ2) is 19.4. The van der Waals surface area contributed by atoms with Crippen LogP contribution in [0.1, 0.15) is 101 Å². The average Bonchev–Trinajstić information content (AvgIpc) is 3.01. The van der Waals surface area contributed by atoms with Crippen LogP contribution in [0, 0.1) is 0 Å². The van der Waals surface area contributed by atoms with E-state index in [-0.39, 0.29) is 17.9 Å². The van der Waals surface area contributed by atoms with Gasteiger partial charge in [-0.25, -0.2) is 14.4 Å². The third-order valence-corrected chi connectivity index (χ3v) is 7.28. The van der Waals surface area contributed by atoms with Crippen molar-refractivity contribution in [2.75, 3.05) is 26.3 Å². The Morgan fingerprint density at radius 1 is 0.674 bits per heavy atom. The first-order chi connectivity index (χ1) is 21.0. The molecule has 0 atom stereocenters. The van der Waals surface area contributed by atoms with E-state index in [9.17, 15) is 14.4 Å². The molecule has 1 fully saturated rings. The molecule has 0 aliphatic carbocycles. The number of rotatable bonds is 17. The quantitative estimate of drug-likeness (QED) is 0.0776. The molecule has 0 unspecified atom stereocenters. The summed E-state index contributed by atoms with van der Waals surface area (Å²) in [5, 5.41) is 0. The molecule has 236 valence electrons. The summed E-state index contributed by atoms with van der Waals surface area (Å²) in [6.07, 6.45) is 11.3. The number of likely N-dealkylation sites (tertiary alicyclic amines) is 1. The van der Waals surface area contributed by atoms with Crippen LogP contribution in [0.3, 0.4) is 0 Å². The third-order valence-electron chi connectivity index (χ3n) is 7.28. The van der Waals surface area contributed by atoms with Crippen LogP contribution in [0.15, 0.2) is 48.5 Å². The largest absolute Gasteiger partial charge is 0.514 e. The molecule has 2 aromatic rings. The molecule has 9 heteroatoms. The van der Waals surface area contributed by atoms with Gasteiger partial charge < -0.3 is 28.6 Å².